The van der Waals surface area contributed by atoms with Crippen LogP contribution in [0.25, 0.3) is 0 Å². The van der Waals surface area contributed by atoms with Gasteiger partial charge in [-0.15, -0.1) is 0 Å². The highest BCUT2D eigenvalue weighted by atomic mass is 16.7. The molecule has 2 aromatic rings. The van der Waals surface area contributed by atoms with Crippen LogP contribution in [0.5, 0.6) is 23.0 Å². The smallest absolute Gasteiger partial charge is 0.231 e. The lowest BCUT2D eigenvalue weighted by Crippen LogP contribution is -2.18. The molecule has 0 aromatic heterocycles. The lowest BCUT2D eigenvalue weighted by Gasteiger charge is -2.15. The van der Waals surface area contributed by atoms with Crippen LogP contribution >= 0.6 is 0 Å². The standard InChI is InChI=1S/C16H17NO4/c1-10(11-3-2-4-13(18)5-11)17-8-12-6-15-16(7-14(12)19)21-9-20-15/h2-7,10,17-19H,8-9H2,1H3. The van der Waals surface area contributed by atoms with Crippen LogP contribution in [-0.4, -0.2) is 17.0 Å². The third-order valence-electron chi connectivity index (χ3n) is 3.54. The number of fused-ring (bicyclic) bond motifs is 1. The molecule has 2 aromatic carbocycles. The number of hydrogen-bond acceptors (Lipinski definition) is 5. The zero-order chi connectivity index (χ0) is 14.8. The van der Waals surface area contributed by atoms with Gasteiger partial charge in [-0.1, -0.05) is 12.1 Å². The van der Waals surface area contributed by atoms with Gasteiger partial charge in [0.25, 0.3) is 0 Å². The summed E-state index contributed by atoms with van der Waals surface area (Å²) in [5, 5.41) is 22.8. The van der Waals surface area contributed by atoms with E-state index in [2.05, 4.69) is 5.32 Å². The molecule has 5 nitrogen and oxygen atoms in total. The number of nitrogens with one attached hydrogen (secondary N) is 1. The number of rotatable bonds is 4. The average molecular weight is 287 g/mol. The topological polar surface area (TPSA) is 71.0 Å². The normalized spacial score (nSPS) is 14.1. The van der Waals surface area contributed by atoms with Crippen molar-refractivity contribution in [2.24, 2.45) is 0 Å². The van der Waals surface area contributed by atoms with Crippen molar-refractivity contribution in [3.05, 3.63) is 47.5 Å². The summed E-state index contributed by atoms with van der Waals surface area (Å²) in [6, 6.07) is 10.5. The zero-order valence-corrected chi connectivity index (χ0v) is 11.7. The average Bonchev–Trinajstić information content (AvgIpc) is 2.91. The first-order valence-electron chi connectivity index (χ1n) is 6.77. The maximum absolute atomic E-state index is 9.99. The quantitative estimate of drug-likeness (QED) is 0.806. The number of benzene rings is 2. The molecule has 0 aliphatic carbocycles. The Kier molecular flexibility index (Phi) is 3.58. The van der Waals surface area contributed by atoms with E-state index in [1.165, 1.54) is 0 Å². The number of ether oxygens (including phenoxy) is 2. The molecule has 1 aliphatic heterocycles. The molecule has 0 bridgehead atoms. The van der Waals surface area contributed by atoms with Gasteiger partial charge in [-0.3, -0.25) is 0 Å². The Bertz CT molecular complexity index is 657. The molecule has 0 amide bonds. The largest absolute Gasteiger partial charge is 0.508 e. The van der Waals surface area contributed by atoms with Crippen LogP contribution in [0, 0.1) is 0 Å². The number of phenolic OH excluding ortho intramolecular Hbond substituents is 2. The van der Waals surface area contributed by atoms with E-state index in [1.54, 1.807) is 30.3 Å². The molecule has 1 atom stereocenters. The first-order valence-corrected chi connectivity index (χ1v) is 6.77. The molecular formula is C16H17NO4. The lowest BCUT2D eigenvalue weighted by molar-refractivity contribution is 0.174. The van der Waals surface area contributed by atoms with Gasteiger partial charge in [0.15, 0.2) is 11.5 Å². The van der Waals surface area contributed by atoms with Gasteiger partial charge in [0, 0.05) is 24.2 Å². The van der Waals surface area contributed by atoms with E-state index in [1.807, 2.05) is 13.0 Å². The van der Waals surface area contributed by atoms with Crippen molar-refractivity contribution in [3.63, 3.8) is 0 Å². The van der Waals surface area contributed by atoms with Crippen molar-refractivity contribution in [2.75, 3.05) is 6.79 Å². The highest BCUT2D eigenvalue weighted by molar-refractivity contribution is 5.51. The van der Waals surface area contributed by atoms with Crippen molar-refractivity contribution in [1.29, 1.82) is 0 Å². The van der Waals surface area contributed by atoms with Crippen molar-refractivity contribution in [2.45, 2.75) is 19.5 Å². The van der Waals surface area contributed by atoms with Crippen LogP contribution in [0.15, 0.2) is 36.4 Å². The van der Waals surface area contributed by atoms with Crippen molar-refractivity contribution in [3.8, 4) is 23.0 Å². The van der Waals surface area contributed by atoms with Crippen LogP contribution in [-0.2, 0) is 6.54 Å². The number of aromatic hydroxyl groups is 2. The molecule has 3 rings (SSSR count). The van der Waals surface area contributed by atoms with Gasteiger partial charge < -0.3 is 25.0 Å². The molecule has 1 unspecified atom stereocenters. The molecular weight excluding hydrogens is 270 g/mol. The fourth-order valence-corrected chi connectivity index (χ4v) is 2.29. The van der Waals surface area contributed by atoms with Crippen LogP contribution in [0.4, 0.5) is 0 Å². The van der Waals surface area contributed by atoms with E-state index in [9.17, 15) is 10.2 Å². The van der Waals surface area contributed by atoms with Gasteiger partial charge in [0.05, 0.1) is 0 Å². The van der Waals surface area contributed by atoms with E-state index in [4.69, 9.17) is 9.47 Å². The SMILES string of the molecule is CC(NCc1cc2c(cc1O)OCO2)c1cccc(O)c1. The fraction of sp³-hybridized carbons (Fsp3) is 0.250. The molecule has 0 saturated carbocycles. The molecule has 0 radical (unpaired) electrons. The van der Waals surface area contributed by atoms with E-state index in [-0.39, 0.29) is 24.3 Å². The number of hydrogen-bond donors (Lipinski definition) is 3. The van der Waals surface area contributed by atoms with Crippen LogP contribution in [0.2, 0.25) is 0 Å². The predicted molar refractivity (Wildman–Crippen MR) is 77.6 cm³/mol. The van der Waals surface area contributed by atoms with Crippen LogP contribution < -0.4 is 14.8 Å². The molecule has 0 fully saturated rings. The van der Waals surface area contributed by atoms with E-state index >= 15 is 0 Å². The molecule has 21 heavy (non-hydrogen) atoms. The minimum atomic E-state index is 0.0434. The van der Waals surface area contributed by atoms with Crippen LogP contribution in [0.1, 0.15) is 24.1 Å². The zero-order valence-electron chi connectivity index (χ0n) is 11.7. The highest BCUT2D eigenvalue weighted by Crippen LogP contribution is 2.37. The maximum atomic E-state index is 9.99. The van der Waals surface area contributed by atoms with Crippen LogP contribution in [0.3, 0.4) is 0 Å². The lowest BCUT2D eigenvalue weighted by atomic mass is 10.1. The molecule has 1 heterocycles. The second kappa shape index (κ2) is 5.54. The van der Waals surface area contributed by atoms with Gasteiger partial charge in [0.2, 0.25) is 6.79 Å². The van der Waals surface area contributed by atoms with Crippen molar-refractivity contribution < 1.29 is 19.7 Å². The summed E-state index contributed by atoms with van der Waals surface area (Å²) < 4.78 is 10.5. The molecule has 3 N–H and O–H groups in total. The predicted octanol–water partition coefficient (Wildman–Crippen LogP) is 2.68. The summed E-state index contributed by atoms with van der Waals surface area (Å²) >= 11 is 0. The second-order valence-electron chi connectivity index (χ2n) is 5.03. The molecule has 110 valence electrons. The maximum Gasteiger partial charge on any atom is 0.231 e. The second-order valence-corrected chi connectivity index (χ2v) is 5.03. The molecule has 1 aliphatic rings. The molecule has 0 saturated heterocycles. The Morgan fingerprint density at radius 1 is 1.14 bits per heavy atom. The minimum absolute atomic E-state index is 0.0434. The van der Waals surface area contributed by atoms with E-state index in [0.717, 1.165) is 11.1 Å². The first kappa shape index (κ1) is 13.6. The van der Waals surface area contributed by atoms with Crippen molar-refractivity contribution >= 4 is 0 Å². The summed E-state index contributed by atoms with van der Waals surface area (Å²) in [4.78, 5) is 0. The highest BCUT2D eigenvalue weighted by Gasteiger charge is 2.17. The van der Waals surface area contributed by atoms with E-state index < -0.39 is 0 Å². The fourth-order valence-electron chi connectivity index (χ4n) is 2.29. The van der Waals surface area contributed by atoms with E-state index in [0.29, 0.717) is 18.0 Å². The Hall–Kier alpha value is -2.40. The third-order valence-corrected chi connectivity index (χ3v) is 3.54. The summed E-state index contributed by atoms with van der Waals surface area (Å²) in [7, 11) is 0. The summed E-state index contributed by atoms with van der Waals surface area (Å²) in [5.74, 6) is 1.63. The van der Waals surface area contributed by atoms with Gasteiger partial charge in [-0.25, -0.2) is 0 Å². The monoisotopic (exact) mass is 287 g/mol. The summed E-state index contributed by atoms with van der Waals surface area (Å²) in [5.41, 5.74) is 1.72. The Morgan fingerprint density at radius 2 is 1.90 bits per heavy atom. The van der Waals surface area contributed by atoms with Gasteiger partial charge >= 0.3 is 0 Å². The van der Waals surface area contributed by atoms with Gasteiger partial charge in [-0.2, -0.15) is 0 Å². The van der Waals surface area contributed by atoms with Gasteiger partial charge in [-0.05, 0) is 30.7 Å². The summed E-state index contributed by atoms with van der Waals surface area (Å²) in [6.45, 7) is 2.67. The van der Waals surface area contributed by atoms with Crippen molar-refractivity contribution in [1.82, 2.24) is 5.32 Å². The third kappa shape index (κ3) is 2.87. The Labute approximate surface area is 122 Å². The molecule has 0 spiro atoms. The minimum Gasteiger partial charge on any atom is -0.508 e. The Balaban J connectivity index is 1.70. The molecule has 5 heteroatoms. The Morgan fingerprint density at radius 3 is 2.67 bits per heavy atom. The first-order chi connectivity index (χ1) is 10.1. The number of phenols is 2. The van der Waals surface area contributed by atoms with Gasteiger partial charge in [0.1, 0.15) is 11.5 Å². The summed E-state index contributed by atoms with van der Waals surface area (Å²) in [6.07, 6.45) is 0.